The average Bonchev–Trinajstić information content (AvgIpc) is 2.15. The molecule has 1 rings (SSSR count). The van der Waals surface area contributed by atoms with Crippen molar-refractivity contribution < 1.29 is 33.2 Å². The summed E-state index contributed by atoms with van der Waals surface area (Å²) < 4.78 is 5.56. The van der Waals surface area contributed by atoms with Crippen molar-refractivity contribution in [2.75, 3.05) is 6.61 Å². The third-order valence-electron chi connectivity index (χ3n) is 2.56. The molecule has 0 aliphatic heterocycles. The summed E-state index contributed by atoms with van der Waals surface area (Å²) in [5.41, 5.74) is 5.00. The summed E-state index contributed by atoms with van der Waals surface area (Å²) in [5.74, 6) is -0.271. The fraction of sp³-hybridized carbons (Fsp3) is 0.900. The van der Waals surface area contributed by atoms with Crippen LogP contribution >= 0.6 is 0 Å². The Labute approximate surface area is 102 Å². The van der Waals surface area contributed by atoms with Gasteiger partial charge >= 0.3 is 0 Å². The van der Waals surface area contributed by atoms with E-state index in [1.807, 2.05) is 0 Å². The van der Waals surface area contributed by atoms with Gasteiger partial charge in [0.2, 0.25) is 5.91 Å². The third kappa shape index (κ3) is 6.95. The van der Waals surface area contributed by atoms with E-state index in [1.54, 1.807) is 0 Å². The van der Waals surface area contributed by atoms with Gasteiger partial charge in [0.1, 0.15) is 0 Å². The zero-order valence-corrected chi connectivity index (χ0v) is 10.3. The van der Waals surface area contributed by atoms with E-state index < -0.39 is 0 Å². The first kappa shape index (κ1) is 15.0. The van der Waals surface area contributed by atoms with E-state index in [4.69, 9.17) is 10.5 Å². The molecule has 1 aliphatic rings. The largest absolute Gasteiger partial charge is 0.393 e. The van der Waals surface area contributed by atoms with E-state index in [1.165, 1.54) is 0 Å². The van der Waals surface area contributed by atoms with E-state index in [2.05, 4.69) is 0 Å². The minimum Gasteiger partial charge on any atom is -0.393 e. The van der Waals surface area contributed by atoms with Crippen LogP contribution in [0.3, 0.4) is 0 Å². The van der Waals surface area contributed by atoms with Crippen LogP contribution in [0.15, 0.2) is 0 Å². The summed E-state index contributed by atoms with van der Waals surface area (Å²) in [4.78, 5) is 10.4. The average molecular weight is 252 g/mol. The zero-order chi connectivity index (χ0) is 10.4. The van der Waals surface area contributed by atoms with E-state index >= 15 is 0 Å². The Kier molecular flexibility index (Phi) is 8.15. The molecule has 0 bridgehead atoms. The Morgan fingerprint density at radius 1 is 1.33 bits per heavy atom. The van der Waals surface area contributed by atoms with E-state index in [9.17, 15) is 9.90 Å². The predicted molar refractivity (Wildman–Crippen MR) is 52.6 cm³/mol. The van der Waals surface area contributed by atoms with Crippen LogP contribution in [0.25, 0.3) is 0 Å². The molecule has 0 aromatic heterocycles. The molecular weight excluding hydrogens is 233 g/mol. The summed E-state index contributed by atoms with van der Waals surface area (Å²) in [6.07, 6.45) is 4.76. The first-order chi connectivity index (χ1) is 6.68. The van der Waals surface area contributed by atoms with Gasteiger partial charge in [-0.1, -0.05) is 0 Å². The first-order valence-corrected chi connectivity index (χ1v) is 5.26. The molecule has 0 aromatic rings. The molecule has 1 aliphatic carbocycles. The van der Waals surface area contributed by atoms with Gasteiger partial charge in [0.05, 0.1) is 12.2 Å². The quantitative estimate of drug-likeness (QED) is 0.702. The van der Waals surface area contributed by atoms with E-state index in [0.717, 1.165) is 25.7 Å². The van der Waals surface area contributed by atoms with Crippen LogP contribution in [-0.2, 0) is 28.1 Å². The molecule has 1 saturated carbocycles. The number of carbonyl (C=O) groups is 1. The Morgan fingerprint density at radius 2 is 1.93 bits per heavy atom. The van der Waals surface area contributed by atoms with Crippen molar-refractivity contribution in [3.8, 4) is 0 Å². The molecule has 0 aromatic carbocycles. The summed E-state index contributed by atoms with van der Waals surface area (Å²) in [5, 5.41) is 9.25. The molecule has 0 unspecified atom stereocenters. The van der Waals surface area contributed by atoms with Gasteiger partial charge < -0.3 is 15.6 Å². The van der Waals surface area contributed by atoms with Gasteiger partial charge in [-0.25, -0.2) is 0 Å². The van der Waals surface area contributed by atoms with Crippen LogP contribution in [0, 0.1) is 0 Å². The SMILES string of the molecule is NC(=O)CCCOC1CCC(O)CC1.[V]. The van der Waals surface area contributed by atoms with Crippen molar-refractivity contribution in [1.82, 2.24) is 0 Å². The Bertz CT molecular complexity index is 182. The van der Waals surface area contributed by atoms with Crippen LogP contribution < -0.4 is 5.73 Å². The number of ether oxygens (including phenoxy) is 1. The minimum absolute atomic E-state index is 0. The van der Waals surface area contributed by atoms with Crippen molar-refractivity contribution >= 4 is 5.91 Å². The van der Waals surface area contributed by atoms with Crippen LogP contribution in [-0.4, -0.2) is 29.8 Å². The summed E-state index contributed by atoms with van der Waals surface area (Å²) >= 11 is 0. The van der Waals surface area contributed by atoms with E-state index in [-0.39, 0.29) is 36.7 Å². The Balaban J connectivity index is 0.00000196. The van der Waals surface area contributed by atoms with Crippen LogP contribution in [0.5, 0.6) is 0 Å². The number of carbonyl (C=O) groups excluding carboxylic acids is 1. The maximum absolute atomic E-state index is 10.4. The number of aliphatic hydroxyl groups excluding tert-OH is 1. The van der Waals surface area contributed by atoms with Crippen molar-refractivity contribution in [1.29, 1.82) is 0 Å². The zero-order valence-electron chi connectivity index (χ0n) is 8.89. The Hall–Kier alpha value is -0.0256. The second kappa shape index (κ2) is 8.16. The molecule has 0 saturated heterocycles. The smallest absolute Gasteiger partial charge is 0.217 e. The molecule has 0 heterocycles. The van der Waals surface area contributed by atoms with Crippen molar-refractivity contribution in [2.45, 2.75) is 50.7 Å². The summed E-state index contributed by atoms with van der Waals surface area (Å²) in [6.45, 7) is 0.601. The fourth-order valence-electron chi connectivity index (χ4n) is 1.71. The molecule has 3 N–H and O–H groups in total. The topological polar surface area (TPSA) is 72.6 Å². The maximum atomic E-state index is 10.4. The second-order valence-electron chi connectivity index (χ2n) is 3.87. The number of hydrogen-bond donors (Lipinski definition) is 2. The molecular formula is C10H19NO3V. The number of nitrogens with two attached hydrogens (primary N) is 1. The number of rotatable bonds is 5. The molecule has 0 atom stereocenters. The molecule has 15 heavy (non-hydrogen) atoms. The molecule has 1 amide bonds. The first-order valence-electron chi connectivity index (χ1n) is 5.26. The van der Waals surface area contributed by atoms with Crippen molar-refractivity contribution in [3.05, 3.63) is 0 Å². The number of amides is 1. The molecule has 1 radical (unpaired) electrons. The number of aliphatic hydroxyl groups is 1. The van der Waals surface area contributed by atoms with Crippen molar-refractivity contribution in [2.24, 2.45) is 5.73 Å². The maximum Gasteiger partial charge on any atom is 0.217 e. The predicted octanol–water partition coefficient (Wildman–Crippen LogP) is 0.569. The van der Waals surface area contributed by atoms with Crippen LogP contribution in [0.2, 0.25) is 0 Å². The van der Waals surface area contributed by atoms with E-state index in [0.29, 0.717) is 19.4 Å². The van der Waals surface area contributed by atoms with Gasteiger partial charge in [-0.15, -0.1) is 0 Å². The Morgan fingerprint density at radius 3 is 2.47 bits per heavy atom. The third-order valence-corrected chi connectivity index (χ3v) is 2.56. The van der Waals surface area contributed by atoms with Gasteiger partial charge in [0.25, 0.3) is 0 Å². The fourth-order valence-corrected chi connectivity index (χ4v) is 1.71. The monoisotopic (exact) mass is 252 g/mol. The van der Waals surface area contributed by atoms with Gasteiger partial charge in [-0.2, -0.15) is 0 Å². The van der Waals surface area contributed by atoms with Gasteiger partial charge in [0.15, 0.2) is 0 Å². The molecule has 4 nitrogen and oxygen atoms in total. The van der Waals surface area contributed by atoms with Gasteiger partial charge in [-0.3, -0.25) is 4.79 Å². The summed E-state index contributed by atoms with van der Waals surface area (Å²) in [7, 11) is 0. The molecule has 0 spiro atoms. The second-order valence-corrected chi connectivity index (χ2v) is 3.87. The standard InChI is InChI=1S/C10H19NO3.V/c11-10(13)2-1-7-14-9-5-3-8(12)4-6-9;/h8-9,12H,1-7H2,(H2,11,13);. The van der Waals surface area contributed by atoms with Gasteiger partial charge in [0, 0.05) is 31.6 Å². The normalized spacial score (nSPS) is 25.7. The van der Waals surface area contributed by atoms with Crippen LogP contribution in [0.4, 0.5) is 0 Å². The van der Waals surface area contributed by atoms with Crippen molar-refractivity contribution in [3.63, 3.8) is 0 Å². The number of hydrogen-bond acceptors (Lipinski definition) is 3. The molecule has 1 fully saturated rings. The summed E-state index contributed by atoms with van der Waals surface area (Å²) in [6, 6.07) is 0. The minimum atomic E-state index is -0.271. The number of primary amides is 1. The van der Waals surface area contributed by atoms with Crippen LogP contribution in [0.1, 0.15) is 38.5 Å². The molecule has 87 valence electrons. The molecule has 5 heteroatoms. The van der Waals surface area contributed by atoms with Gasteiger partial charge in [-0.05, 0) is 32.1 Å².